The highest BCUT2D eigenvalue weighted by Crippen LogP contribution is 2.42. The molecule has 0 radical (unpaired) electrons. The number of nitrogens with one attached hydrogen (secondary N) is 3. The number of aromatic carboxylic acids is 1. The van der Waals surface area contributed by atoms with Crippen molar-refractivity contribution in [3.63, 3.8) is 0 Å². The van der Waals surface area contributed by atoms with Crippen LogP contribution in [0.4, 0.5) is 24.6 Å². The summed E-state index contributed by atoms with van der Waals surface area (Å²) in [5, 5.41) is 62.3. The number of carbonyl (C=O) groups excluding carboxylic acids is 17. The SMILES string of the molecule is CCN1CCN(C(=O)C[C@H](N)C(=O)C[C@H]2Cc3cccc(C)c3OB2O)C(=O)C1=O.CCN1CCN(C(=O)NC(C(=O)C[C@H]2Cc3cc(C)cc(C(=O)O)c3OB2O)c2csc(N)n2)C(=O)C1=O.CCN1CCN(C(=O)NC(C(=O)C[C@H]2Cc3cccc(C(C)=O)c3OB2O)c2csc(N)n2)C(=O)C1=O.CCN1CCN(C(=O)N[C@H](CCN)C(=O)C[C@H]2Cc3cccc(C)c3OB2O)C(=O)C1=O. The Morgan fingerprint density at radius 1 is 0.453 bits per heavy atom. The van der Waals surface area contributed by atoms with E-state index in [-0.39, 0.29) is 161 Å². The van der Waals surface area contributed by atoms with E-state index in [9.17, 15) is 112 Å². The van der Waals surface area contributed by atoms with E-state index in [1.807, 2.05) is 50.2 Å². The van der Waals surface area contributed by atoms with Gasteiger partial charge in [0.25, 0.3) is 0 Å². The third-order valence-electron chi connectivity index (χ3n) is 24.6. The number of para-hydroxylation sites is 3. The molecule has 15 amide bonds. The third-order valence-corrected chi connectivity index (χ3v) is 25.9. The molecule has 2 aromatic heterocycles. The summed E-state index contributed by atoms with van der Waals surface area (Å²) in [6.07, 6.45) is 0.556. The van der Waals surface area contributed by atoms with Crippen molar-refractivity contribution in [3.05, 3.63) is 139 Å². The minimum absolute atomic E-state index is 0.0190. The molecule has 50 heteroatoms. The fraction of sp³-hybridized carbons (Fsp3) is 0.448. The molecule has 4 saturated heterocycles. The van der Waals surface area contributed by atoms with Gasteiger partial charge in [0.2, 0.25) is 5.91 Å². The monoisotopic (exact) mass is 1930 g/mol. The van der Waals surface area contributed by atoms with Crippen molar-refractivity contribution in [2.24, 2.45) is 11.5 Å². The van der Waals surface area contributed by atoms with E-state index in [0.717, 1.165) is 64.5 Å². The number of rotatable bonds is 27. The van der Waals surface area contributed by atoms with Gasteiger partial charge in [0.1, 0.15) is 46.4 Å². The standard InChI is InChI=1S/C23H26BN5O8S.C23H26BN5O7S.C21H29BN4O6.C20H26BN3O6/c1-3-28-4-5-29(20(32)19(28)31)23(35)27-17(15-10-38-22(25)26-15)16(30)9-13-8-12-6-11(2)7-14(21(33)34)18(12)37-24(13)36;1-3-28-7-8-29(21(33)20(28)32)23(34)27-18(16-11-37-22(25)26-16)17(31)10-14-9-13-5-4-6-15(12(2)30)19(13)36-24(14)35;1-3-25-9-10-26(20(29)19(25)28)21(30)24-16(7-8-23)17(27)12-15-11-14-6-4-5-13(2)18(14)32-22(15)31;1-3-23-7-8-24(20(28)19(23)27)17(26)11-15(22)16(25)10-14-9-13-6-4-5-12(2)18(13)30-21(14)29/h6-7,10,13,17,36H,3-5,8-9H2,1-2H3,(H2,25,26)(H,27,35)(H,33,34);4-6,11,14,18,35H,3,7-10H2,1-2H3,(H2,25,26)(H,27,34);4-6,15-16,31H,3,7-12,23H2,1-2H3,(H,24,30);4-6,14-15,29H,3,7-11,22H2,1-2H3/t13-,17?;14-,18?;15-,16-;14-,15+/m1111/s1. The largest absolute Gasteiger partial charge is 0.536 e. The lowest BCUT2D eigenvalue weighted by Gasteiger charge is -2.33. The first-order valence-electron chi connectivity index (χ1n) is 44.5. The third kappa shape index (κ3) is 24.5. The van der Waals surface area contributed by atoms with Crippen LogP contribution in [0.15, 0.2) is 77.5 Å². The number of urea groups is 3. The number of ketones is 5. The Balaban J connectivity index is 0.000000176. The van der Waals surface area contributed by atoms with E-state index in [4.69, 9.17) is 41.6 Å². The predicted molar refractivity (Wildman–Crippen MR) is 495 cm³/mol. The van der Waals surface area contributed by atoms with Crippen molar-refractivity contribution >= 4 is 168 Å². The van der Waals surface area contributed by atoms with Gasteiger partial charge in [0.15, 0.2) is 33.4 Å². The Morgan fingerprint density at radius 3 is 1.17 bits per heavy atom. The quantitative estimate of drug-likeness (QED) is 0.0194. The number of carbonyl (C=O) groups is 18. The van der Waals surface area contributed by atoms with Crippen molar-refractivity contribution in [3.8, 4) is 23.0 Å². The van der Waals surface area contributed by atoms with Gasteiger partial charge in [-0.15, -0.1) is 22.7 Å². The highest BCUT2D eigenvalue weighted by molar-refractivity contribution is 7.13. The number of aromatic nitrogens is 2. The zero-order valence-electron chi connectivity index (χ0n) is 76.5. The summed E-state index contributed by atoms with van der Waals surface area (Å²) in [7, 11) is -5.14. The van der Waals surface area contributed by atoms with Gasteiger partial charge in [0.05, 0.1) is 29.0 Å². The normalized spacial score (nSPS) is 18.8. The van der Waals surface area contributed by atoms with Gasteiger partial charge in [-0.3, -0.25) is 86.7 Å². The summed E-state index contributed by atoms with van der Waals surface area (Å²) >= 11 is 2.13. The Morgan fingerprint density at radius 2 is 0.796 bits per heavy atom. The zero-order valence-corrected chi connectivity index (χ0v) is 78.1. The molecule has 0 saturated carbocycles. The Bertz CT molecular complexity index is 5710. The second-order valence-electron chi connectivity index (χ2n) is 33.8. The molecule has 4 aromatic carbocycles. The minimum atomic E-state index is -1.48. The van der Waals surface area contributed by atoms with Crippen LogP contribution in [-0.2, 0) is 88.0 Å². The fourth-order valence-corrected chi connectivity index (χ4v) is 18.1. The highest BCUT2D eigenvalue weighted by atomic mass is 32.1. The van der Waals surface area contributed by atoms with E-state index in [1.54, 1.807) is 58.9 Å². The molecular formula is C87H107B4N17O27S2. The molecule has 44 nitrogen and oxygen atoms in total. The van der Waals surface area contributed by atoms with Crippen molar-refractivity contribution < 1.29 is 130 Å². The summed E-state index contributed by atoms with van der Waals surface area (Å²) in [6, 6.07) is 12.2. The maximum Gasteiger partial charge on any atom is 0.526 e. The van der Waals surface area contributed by atoms with Gasteiger partial charge in [0, 0.05) is 145 Å². The van der Waals surface area contributed by atoms with Crippen LogP contribution in [0, 0.1) is 20.8 Å². The number of thiazole rings is 2. The first-order valence-corrected chi connectivity index (χ1v) is 46.3. The average molecular weight is 1930 g/mol. The fourth-order valence-electron chi connectivity index (χ4n) is 17.0. The number of hydrogen-bond donors (Lipinski definition) is 12. The number of aryl methyl sites for hydroxylation is 3. The number of piperazine rings is 4. The predicted octanol–water partition coefficient (Wildman–Crippen LogP) is 0.965. The molecular weight excluding hydrogens is 1820 g/mol. The van der Waals surface area contributed by atoms with Crippen molar-refractivity contribution in [2.75, 3.05) is 96.5 Å². The molecule has 8 atom stereocenters. The number of anilines is 2. The number of nitrogens with zero attached hydrogens (tertiary/aromatic N) is 10. The number of nitrogens with two attached hydrogens (primary N) is 4. The summed E-state index contributed by atoms with van der Waals surface area (Å²) < 4.78 is 22.3. The van der Waals surface area contributed by atoms with Crippen LogP contribution in [0.3, 0.4) is 0 Å². The number of amides is 15. The molecule has 16 N–H and O–H groups in total. The van der Waals surface area contributed by atoms with E-state index in [1.165, 1.54) is 43.3 Å². The van der Waals surface area contributed by atoms with E-state index in [2.05, 4.69) is 25.9 Å². The van der Waals surface area contributed by atoms with Crippen LogP contribution in [0.5, 0.6) is 23.0 Å². The van der Waals surface area contributed by atoms with Gasteiger partial charge in [-0.25, -0.2) is 29.1 Å². The Kier molecular flexibility index (Phi) is 34.9. The molecule has 0 bridgehead atoms. The molecule has 8 aliphatic rings. The summed E-state index contributed by atoms with van der Waals surface area (Å²) in [6.45, 7) is 16.3. The first-order chi connectivity index (χ1) is 65.1. The maximum absolute atomic E-state index is 13.5. The number of Topliss-reactive ketones (excluding diaryl/α,β-unsaturated/α-hetero) is 5. The molecule has 8 aliphatic heterocycles. The van der Waals surface area contributed by atoms with Crippen LogP contribution in [0.25, 0.3) is 0 Å². The molecule has 0 spiro atoms. The first kappa shape index (κ1) is 104. The maximum atomic E-state index is 13.5. The molecule has 14 rings (SSSR count). The van der Waals surface area contributed by atoms with Gasteiger partial charge >= 0.3 is 99.8 Å². The summed E-state index contributed by atoms with van der Waals surface area (Å²) in [5.74, 6) is -11.5. The second kappa shape index (κ2) is 46.0. The topological polar surface area (TPSA) is 637 Å². The van der Waals surface area contributed by atoms with Crippen molar-refractivity contribution in [1.82, 2.24) is 65.1 Å². The lowest BCUT2D eigenvalue weighted by Crippen LogP contribution is -2.60. The molecule has 6 aromatic rings. The number of carboxylic acid groups (broad SMARTS) is 1. The summed E-state index contributed by atoms with van der Waals surface area (Å²) in [4.78, 5) is 242. The van der Waals surface area contributed by atoms with Crippen LogP contribution in [0.1, 0.15) is 156 Å². The number of nitrogen functional groups attached to an aromatic ring is 2. The highest BCUT2D eigenvalue weighted by Gasteiger charge is 2.48. The molecule has 726 valence electrons. The van der Waals surface area contributed by atoms with E-state index in [0.29, 0.717) is 72.8 Å². The zero-order chi connectivity index (χ0) is 100.0. The Hall–Kier alpha value is -13.4. The molecule has 2 unspecified atom stereocenters. The van der Waals surface area contributed by atoms with E-state index >= 15 is 0 Å². The molecule has 4 fully saturated rings. The smallest absolute Gasteiger partial charge is 0.526 e. The minimum Gasteiger partial charge on any atom is -0.536 e. The lowest BCUT2D eigenvalue weighted by molar-refractivity contribution is -0.161. The van der Waals surface area contributed by atoms with Crippen molar-refractivity contribution in [1.29, 1.82) is 0 Å². The number of likely N-dealkylation sites (N-methyl/N-ethyl adjacent to an activating group) is 4. The van der Waals surface area contributed by atoms with Crippen LogP contribution in [0.2, 0.25) is 23.3 Å². The second-order valence-corrected chi connectivity index (χ2v) is 35.6. The number of hydrogen-bond acceptors (Lipinski definition) is 34. The van der Waals surface area contributed by atoms with E-state index < -0.39 is 170 Å². The number of imide groups is 4. The van der Waals surface area contributed by atoms with Gasteiger partial charge in [-0.1, -0.05) is 54.6 Å². The lowest BCUT2D eigenvalue weighted by atomic mass is 9.64. The van der Waals surface area contributed by atoms with Gasteiger partial charge in [-0.05, 0) is 145 Å². The van der Waals surface area contributed by atoms with Crippen LogP contribution in [-0.4, -0.2) is 306 Å². The molecule has 10 heterocycles. The van der Waals surface area contributed by atoms with Crippen LogP contribution >= 0.6 is 22.7 Å². The number of fused-ring (bicyclic) bond motifs is 4. The average Bonchev–Trinajstić information content (AvgIpc) is 1.53. The van der Waals surface area contributed by atoms with Crippen LogP contribution < -0.4 is 57.5 Å². The van der Waals surface area contributed by atoms with Gasteiger partial charge in [-0.2, -0.15) is 0 Å². The number of benzene rings is 4. The summed E-state index contributed by atoms with van der Waals surface area (Å²) in [5.41, 5.74) is 29.1. The number of carboxylic acids is 1. The van der Waals surface area contributed by atoms with Crippen molar-refractivity contribution in [2.45, 2.75) is 167 Å². The van der Waals surface area contributed by atoms with Gasteiger partial charge < -0.3 is 102 Å². The Labute approximate surface area is 795 Å². The molecule has 0 aliphatic carbocycles. The molecule has 137 heavy (non-hydrogen) atoms.